The SMILES string of the molecule is CC1(C)CN(CC(=O)N2CCCC(C(=O)NCCO)C2)[C@H](C(=O)Nc2cc(Cl)cc3c2[nH]c2cnccc23)CO1. The van der Waals surface area contributed by atoms with E-state index < -0.39 is 11.6 Å². The van der Waals surface area contributed by atoms with E-state index in [0.29, 0.717) is 43.2 Å². The van der Waals surface area contributed by atoms with Gasteiger partial charge in [0.25, 0.3) is 0 Å². The molecule has 40 heavy (non-hydrogen) atoms. The normalized spacial score (nSPS) is 21.4. The van der Waals surface area contributed by atoms with E-state index in [2.05, 4.69) is 20.6 Å². The third-order valence-electron chi connectivity index (χ3n) is 7.59. The lowest BCUT2D eigenvalue weighted by Gasteiger charge is -2.43. The number of hydrogen-bond donors (Lipinski definition) is 4. The molecule has 3 amide bonds. The number of carbonyl (C=O) groups is 3. The molecule has 5 rings (SSSR count). The molecule has 1 aromatic carbocycles. The van der Waals surface area contributed by atoms with Crippen LogP contribution in [0.4, 0.5) is 5.69 Å². The molecule has 0 aliphatic carbocycles. The molecule has 2 fully saturated rings. The van der Waals surface area contributed by atoms with Gasteiger partial charge in [-0.25, -0.2) is 0 Å². The number of aliphatic hydroxyl groups excluding tert-OH is 1. The van der Waals surface area contributed by atoms with Crippen LogP contribution in [0.5, 0.6) is 0 Å². The highest BCUT2D eigenvalue weighted by Gasteiger charge is 2.40. The molecule has 0 radical (unpaired) electrons. The lowest BCUT2D eigenvalue weighted by molar-refractivity contribution is -0.151. The molecule has 214 valence electrons. The van der Waals surface area contributed by atoms with Crippen LogP contribution in [0.2, 0.25) is 5.02 Å². The smallest absolute Gasteiger partial charge is 0.244 e. The van der Waals surface area contributed by atoms with Crippen molar-refractivity contribution in [3.05, 3.63) is 35.6 Å². The van der Waals surface area contributed by atoms with Gasteiger partial charge in [-0.3, -0.25) is 24.3 Å². The number of H-pyrrole nitrogens is 1. The molecule has 4 heterocycles. The van der Waals surface area contributed by atoms with Gasteiger partial charge in [-0.05, 0) is 44.9 Å². The van der Waals surface area contributed by atoms with Crippen molar-refractivity contribution in [1.82, 2.24) is 25.1 Å². The molecule has 11 nitrogen and oxygen atoms in total. The van der Waals surface area contributed by atoms with Gasteiger partial charge < -0.3 is 30.4 Å². The van der Waals surface area contributed by atoms with Crippen molar-refractivity contribution in [2.24, 2.45) is 5.92 Å². The quantitative estimate of drug-likeness (QED) is 0.341. The van der Waals surface area contributed by atoms with Crippen molar-refractivity contribution in [3.63, 3.8) is 0 Å². The molecule has 2 saturated heterocycles. The Morgan fingerprint density at radius 2 is 2.08 bits per heavy atom. The number of piperidine rings is 1. The number of fused-ring (bicyclic) bond motifs is 3. The number of ether oxygens (including phenoxy) is 1. The number of morpholine rings is 1. The molecule has 1 unspecified atom stereocenters. The maximum atomic E-state index is 13.7. The molecule has 2 aliphatic heterocycles. The van der Waals surface area contributed by atoms with Gasteiger partial charge in [0.2, 0.25) is 17.7 Å². The minimum Gasteiger partial charge on any atom is -0.395 e. The number of likely N-dealkylation sites (tertiary alicyclic amines) is 1. The Bertz CT molecular complexity index is 1420. The fourth-order valence-corrected chi connectivity index (χ4v) is 5.83. The zero-order valence-corrected chi connectivity index (χ0v) is 23.5. The van der Waals surface area contributed by atoms with Crippen molar-refractivity contribution in [2.45, 2.75) is 38.3 Å². The van der Waals surface area contributed by atoms with Crippen LogP contribution >= 0.6 is 11.6 Å². The molecule has 2 atom stereocenters. The number of rotatable bonds is 7. The predicted molar refractivity (Wildman–Crippen MR) is 152 cm³/mol. The fraction of sp³-hybridized carbons (Fsp3) is 0.500. The maximum Gasteiger partial charge on any atom is 0.244 e. The van der Waals surface area contributed by atoms with Gasteiger partial charge in [-0.1, -0.05) is 11.6 Å². The van der Waals surface area contributed by atoms with Gasteiger partial charge in [-0.15, -0.1) is 0 Å². The first-order valence-corrected chi connectivity index (χ1v) is 13.9. The zero-order valence-electron chi connectivity index (χ0n) is 22.7. The van der Waals surface area contributed by atoms with Gasteiger partial charge >= 0.3 is 0 Å². The van der Waals surface area contributed by atoms with Crippen LogP contribution in [-0.4, -0.2) is 100 Å². The second kappa shape index (κ2) is 11.7. The number of halogens is 1. The molecule has 0 bridgehead atoms. The van der Waals surface area contributed by atoms with Gasteiger partial charge in [0.05, 0.1) is 54.2 Å². The molecule has 3 aromatic rings. The lowest BCUT2D eigenvalue weighted by atomic mass is 9.97. The number of carbonyl (C=O) groups excluding carboxylic acids is 3. The number of anilines is 1. The van der Waals surface area contributed by atoms with Gasteiger partial charge in [0.15, 0.2) is 0 Å². The van der Waals surface area contributed by atoms with Gasteiger partial charge in [-0.2, -0.15) is 0 Å². The topological polar surface area (TPSA) is 140 Å². The molecular formula is C28H35ClN6O5. The third-order valence-corrected chi connectivity index (χ3v) is 7.80. The van der Waals surface area contributed by atoms with E-state index >= 15 is 0 Å². The second-order valence-corrected chi connectivity index (χ2v) is 11.5. The first kappa shape index (κ1) is 28.3. The lowest BCUT2D eigenvalue weighted by Crippen LogP contribution is -2.60. The van der Waals surface area contributed by atoms with Crippen LogP contribution in [0, 0.1) is 5.92 Å². The first-order valence-electron chi connectivity index (χ1n) is 13.6. The largest absolute Gasteiger partial charge is 0.395 e. The maximum absolute atomic E-state index is 13.7. The Kier molecular flexibility index (Phi) is 8.27. The molecule has 0 spiro atoms. The van der Waals surface area contributed by atoms with Crippen LogP contribution in [0.15, 0.2) is 30.6 Å². The summed E-state index contributed by atoms with van der Waals surface area (Å²) in [5.74, 6) is -0.912. The standard InChI is InChI=1S/C28H35ClN6O5/c1-28(2)16-35(14-24(37)34-8-3-4-17(13-34)26(38)31-7-9-36)23(15-40-28)27(39)33-21-11-18(29)10-20-19-5-6-30-12-22(19)32-25(20)21/h5-6,10-12,17,23,32,36H,3-4,7-9,13-16H2,1-2H3,(H,31,38)(H,33,39)/t17?,23-/m0/s1. The van der Waals surface area contributed by atoms with E-state index in [9.17, 15) is 14.4 Å². The molecular weight excluding hydrogens is 536 g/mol. The average Bonchev–Trinajstić information content (AvgIpc) is 3.30. The van der Waals surface area contributed by atoms with E-state index in [1.165, 1.54) is 0 Å². The highest BCUT2D eigenvalue weighted by molar-refractivity contribution is 6.33. The van der Waals surface area contributed by atoms with Gasteiger partial charge in [0.1, 0.15) is 6.04 Å². The van der Waals surface area contributed by atoms with E-state index in [-0.39, 0.29) is 49.9 Å². The van der Waals surface area contributed by atoms with Crippen LogP contribution < -0.4 is 10.6 Å². The summed E-state index contributed by atoms with van der Waals surface area (Å²) in [6.07, 6.45) is 4.83. The number of benzene rings is 1. The molecule has 12 heteroatoms. The zero-order chi connectivity index (χ0) is 28.4. The van der Waals surface area contributed by atoms with E-state index in [4.69, 9.17) is 21.4 Å². The minimum absolute atomic E-state index is 0.0267. The minimum atomic E-state index is -0.703. The Balaban J connectivity index is 1.32. The number of hydrogen-bond acceptors (Lipinski definition) is 7. The van der Waals surface area contributed by atoms with E-state index in [1.807, 2.05) is 30.9 Å². The van der Waals surface area contributed by atoms with Crippen molar-refractivity contribution in [1.29, 1.82) is 0 Å². The summed E-state index contributed by atoms with van der Waals surface area (Å²) in [5, 5.41) is 17.0. The van der Waals surface area contributed by atoms with Crippen LogP contribution in [0.25, 0.3) is 21.8 Å². The summed E-state index contributed by atoms with van der Waals surface area (Å²) in [7, 11) is 0. The number of nitrogens with zero attached hydrogens (tertiary/aromatic N) is 3. The van der Waals surface area contributed by atoms with Crippen LogP contribution in [0.1, 0.15) is 26.7 Å². The molecule has 4 N–H and O–H groups in total. The molecule has 0 saturated carbocycles. The first-order chi connectivity index (χ1) is 19.1. The third kappa shape index (κ3) is 6.07. The number of aliphatic hydroxyl groups is 1. The number of aromatic nitrogens is 2. The summed E-state index contributed by atoms with van der Waals surface area (Å²) >= 11 is 6.43. The highest BCUT2D eigenvalue weighted by atomic mass is 35.5. The van der Waals surface area contributed by atoms with Crippen molar-refractivity contribution >= 4 is 56.8 Å². The van der Waals surface area contributed by atoms with E-state index in [1.54, 1.807) is 23.4 Å². The Labute approximate surface area is 237 Å². The number of amides is 3. The predicted octanol–water partition coefficient (Wildman–Crippen LogP) is 2.13. The van der Waals surface area contributed by atoms with Gasteiger partial charge in [0, 0.05) is 48.2 Å². The van der Waals surface area contributed by atoms with Crippen molar-refractivity contribution in [3.8, 4) is 0 Å². The van der Waals surface area contributed by atoms with Crippen molar-refractivity contribution < 1.29 is 24.2 Å². The Hall–Kier alpha value is -3.25. The Morgan fingerprint density at radius 1 is 1.25 bits per heavy atom. The average molecular weight is 571 g/mol. The molecule has 2 aliphatic rings. The number of aromatic amines is 1. The van der Waals surface area contributed by atoms with Crippen molar-refractivity contribution in [2.75, 3.05) is 51.3 Å². The number of pyridine rings is 1. The summed E-state index contributed by atoms with van der Waals surface area (Å²) in [6, 6.07) is 4.73. The van der Waals surface area contributed by atoms with Crippen LogP contribution in [-0.2, 0) is 19.1 Å². The fourth-order valence-electron chi connectivity index (χ4n) is 5.61. The van der Waals surface area contributed by atoms with Crippen LogP contribution in [0.3, 0.4) is 0 Å². The number of nitrogens with one attached hydrogen (secondary N) is 3. The summed E-state index contributed by atoms with van der Waals surface area (Å²) < 4.78 is 6.00. The van der Waals surface area contributed by atoms with E-state index in [0.717, 1.165) is 21.8 Å². The summed E-state index contributed by atoms with van der Waals surface area (Å²) in [6.45, 7) is 5.33. The highest BCUT2D eigenvalue weighted by Crippen LogP contribution is 2.33. The summed E-state index contributed by atoms with van der Waals surface area (Å²) in [4.78, 5) is 50.5. The second-order valence-electron chi connectivity index (χ2n) is 11.1. The monoisotopic (exact) mass is 570 g/mol. The Morgan fingerprint density at radius 3 is 2.88 bits per heavy atom. The molecule has 2 aromatic heterocycles. The summed E-state index contributed by atoms with van der Waals surface area (Å²) in [5.41, 5.74) is 1.56.